The summed E-state index contributed by atoms with van der Waals surface area (Å²) in [4.78, 5) is 0. The molecule has 0 saturated heterocycles. The van der Waals surface area contributed by atoms with Gasteiger partial charge in [-0.2, -0.15) is 0 Å². The first-order chi connectivity index (χ1) is 28.6. The van der Waals surface area contributed by atoms with Crippen LogP contribution < -0.4 is 28.4 Å². The van der Waals surface area contributed by atoms with Gasteiger partial charge in [-0.3, -0.25) is 0 Å². The number of ether oxygens (including phenoxy) is 6. The topological polar surface area (TPSA) is 55.4 Å². The van der Waals surface area contributed by atoms with Crippen molar-refractivity contribution in [3.63, 3.8) is 0 Å². The average Bonchev–Trinajstić information content (AvgIpc) is 3.23. The summed E-state index contributed by atoms with van der Waals surface area (Å²) >= 11 is 0. The molecule has 0 atom stereocenters. The van der Waals surface area contributed by atoms with Gasteiger partial charge in [-0.1, -0.05) is 144 Å². The van der Waals surface area contributed by atoms with Crippen LogP contribution in [-0.2, 0) is 0 Å². The molecule has 0 amide bonds. The monoisotopic (exact) mass is 801 g/mol. The number of hydrogen-bond donors (Lipinski definition) is 0. The van der Waals surface area contributed by atoms with E-state index >= 15 is 0 Å². The quantitative estimate of drug-likeness (QED) is 0.0346. The van der Waals surface area contributed by atoms with E-state index in [1.54, 1.807) is 0 Å². The zero-order chi connectivity index (χ0) is 41.2. The molecule has 6 heteroatoms. The fraction of sp³-hybridized carbons (Fsp3) is 0.654. The lowest BCUT2D eigenvalue weighted by molar-refractivity contribution is 0.259. The lowest BCUT2D eigenvalue weighted by Gasteiger charge is -2.21. The fourth-order valence-electron chi connectivity index (χ4n) is 7.57. The zero-order valence-corrected chi connectivity index (χ0v) is 37.7. The molecule has 0 N–H and O–H groups in total. The Morgan fingerprint density at radius 3 is 0.569 bits per heavy atom. The third kappa shape index (κ3) is 14.9. The van der Waals surface area contributed by atoms with Crippen LogP contribution in [0.3, 0.4) is 0 Å². The highest BCUT2D eigenvalue weighted by Crippen LogP contribution is 2.47. The van der Waals surface area contributed by atoms with E-state index in [0.717, 1.165) is 144 Å². The lowest BCUT2D eigenvalue weighted by atomic mass is 9.93. The molecule has 0 radical (unpaired) electrons. The van der Waals surface area contributed by atoms with Crippen LogP contribution in [0.15, 0.2) is 36.4 Å². The third-order valence-corrected chi connectivity index (χ3v) is 11.2. The maximum atomic E-state index is 6.63. The second kappa shape index (κ2) is 28.0. The highest BCUT2D eigenvalue weighted by molar-refractivity contribution is 6.26. The van der Waals surface area contributed by atoms with E-state index < -0.39 is 0 Å². The second-order valence-corrected chi connectivity index (χ2v) is 16.3. The number of rotatable bonds is 34. The maximum Gasteiger partial charge on any atom is 0.161 e. The zero-order valence-electron chi connectivity index (χ0n) is 37.7. The van der Waals surface area contributed by atoms with Crippen molar-refractivity contribution < 1.29 is 28.4 Å². The molecule has 0 aliphatic carbocycles. The van der Waals surface area contributed by atoms with Crippen LogP contribution in [-0.4, -0.2) is 39.6 Å². The molecule has 0 spiro atoms. The van der Waals surface area contributed by atoms with Crippen LogP contribution in [0.25, 0.3) is 32.3 Å². The van der Waals surface area contributed by atoms with Gasteiger partial charge in [0.05, 0.1) is 39.6 Å². The van der Waals surface area contributed by atoms with Crippen molar-refractivity contribution in [2.45, 2.75) is 183 Å². The van der Waals surface area contributed by atoms with Crippen molar-refractivity contribution in [2.24, 2.45) is 0 Å². The van der Waals surface area contributed by atoms with E-state index in [-0.39, 0.29) is 0 Å². The van der Waals surface area contributed by atoms with E-state index in [4.69, 9.17) is 28.4 Å². The van der Waals surface area contributed by atoms with Crippen LogP contribution >= 0.6 is 0 Å². The summed E-state index contributed by atoms with van der Waals surface area (Å²) in [6.07, 6.45) is 25.1. The molecule has 4 rings (SSSR count). The van der Waals surface area contributed by atoms with Gasteiger partial charge < -0.3 is 28.4 Å². The van der Waals surface area contributed by atoms with Crippen molar-refractivity contribution in [3.05, 3.63) is 36.4 Å². The molecule has 0 aliphatic heterocycles. The molecular formula is C52H80O6. The first-order valence-electron chi connectivity index (χ1n) is 23.9. The number of fused-ring (bicyclic) bond motifs is 6. The number of benzene rings is 4. The van der Waals surface area contributed by atoms with Crippen molar-refractivity contribution >= 4 is 32.3 Å². The minimum absolute atomic E-state index is 0.650. The lowest BCUT2D eigenvalue weighted by Crippen LogP contribution is -2.05. The summed E-state index contributed by atoms with van der Waals surface area (Å²) in [5.41, 5.74) is 0. The van der Waals surface area contributed by atoms with E-state index in [1.165, 1.54) is 64.2 Å². The predicted molar refractivity (Wildman–Crippen MR) is 248 cm³/mol. The number of unbranched alkanes of at least 4 members (excludes halogenated alkanes) is 16. The molecule has 58 heavy (non-hydrogen) atoms. The van der Waals surface area contributed by atoms with Crippen molar-refractivity contribution in [3.8, 4) is 34.5 Å². The Morgan fingerprint density at radius 2 is 0.397 bits per heavy atom. The van der Waals surface area contributed by atoms with Gasteiger partial charge in [0, 0.05) is 0 Å². The van der Waals surface area contributed by atoms with Gasteiger partial charge in [-0.05, 0) is 107 Å². The van der Waals surface area contributed by atoms with Crippen molar-refractivity contribution in [1.29, 1.82) is 0 Å². The van der Waals surface area contributed by atoms with Gasteiger partial charge in [0.25, 0.3) is 0 Å². The van der Waals surface area contributed by atoms with Gasteiger partial charge in [0.15, 0.2) is 34.5 Å². The summed E-state index contributed by atoms with van der Waals surface area (Å²) in [7, 11) is 0. The Balaban J connectivity index is 1.95. The standard InChI is InChI=1S/C52H80O6/c1-7-13-19-24-30-54-48-36-42-41(35-47(48)53-29-18-12-6)43-37-49(55-31-25-20-14-8-2)51(57-33-27-22-16-10-4)39-45(43)46-40-52(58-34-28-23-17-11-5)50(38-44(42)46)56-32-26-21-15-9-3/h35-40H,7-34H2,1-6H3. The van der Waals surface area contributed by atoms with Crippen molar-refractivity contribution in [2.75, 3.05) is 39.6 Å². The van der Waals surface area contributed by atoms with E-state index in [0.29, 0.717) is 39.6 Å². The molecule has 0 bridgehead atoms. The van der Waals surface area contributed by atoms with E-state index in [9.17, 15) is 0 Å². The molecule has 0 fully saturated rings. The van der Waals surface area contributed by atoms with Crippen LogP contribution in [0.4, 0.5) is 0 Å². The van der Waals surface area contributed by atoms with Crippen LogP contribution in [0, 0.1) is 0 Å². The van der Waals surface area contributed by atoms with Gasteiger partial charge in [-0.15, -0.1) is 0 Å². The minimum atomic E-state index is 0.650. The first kappa shape index (κ1) is 47.1. The summed E-state index contributed by atoms with van der Waals surface area (Å²) < 4.78 is 39.7. The van der Waals surface area contributed by atoms with Crippen LogP contribution in [0.1, 0.15) is 183 Å². The summed E-state index contributed by atoms with van der Waals surface area (Å²) in [5, 5.41) is 6.68. The van der Waals surface area contributed by atoms with Gasteiger partial charge in [0.2, 0.25) is 0 Å². The number of hydrogen-bond acceptors (Lipinski definition) is 6. The molecule has 4 aromatic rings. The molecule has 324 valence electrons. The third-order valence-electron chi connectivity index (χ3n) is 11.2. The van der Waals surface area contributed by atoms with Gasteiger partial charge in [-0.25, -0.2) is 0 Å². The molecule has 6 nitrogen and oxygen atoms in total. The first-order valence-corrected chi connectivity index (χ1v) is 23.9. The predicted octanol–water partition coefficient (Wildman–Crippen LogP) is 16.1. The Bertz CT molecular complexity index is 1680. The molecule has 0 saturated carbocycles. The Labute approximate surface area is 353 Å². The average molecular weight is 801 g/mol. The highest BCUT2D eigenvalue weighted by Gasteiger charge is 2.20. The van der Waals surface area contributed by atoms with Crippen LogP contribution in [0.5, 0.6) is 34.5 Å². The summed E-state index contributed by atoms with van der Waals surface area (Å²) in [6, 6.07) is 13.3. The largest absolute Gasteiger partial charge is 0.490 e. The fourth-order valence-corrected chi connectivity index (χ4v) is 7.57. The summed E-state index contributed by atoms with van der Waals surface area (Å²) in [5.74, 6) is 4.85. The second-order valence-electron chi connectivity index (χ2n) is 16.3. The molecule has 0 aliphatic rings. The van der Waals surface area contributed by atoms with Crippen molar-refractivity contribution in [1.82, 2.24) is 0 Å². The smallest absolute Gasteiger partial charge is 0.161 e. The minimum Gasteiger partial charge on any atom is -0.490 e. The summed E-state index contributed by atoms with van der Waals surface area (Å²) in [6.45, 7) is 17.4. The van der Waals surface area contributed by atoms with Gasteiger partial charge >= 0.3 is 0 Å². The maximum absolute atomic E-state index is 6.63. The highest BCUT2D eigenvalue weighted by atomic mass is 16.5. The Morgan fingerprint density at radius 1 is 0.224 bits per heavy atom. The van der Waals surface area contributed by atoms with E-state index in [1.807, 2.05) is 0 Å². The Kier molecular flexibility index (Phi) is 22.8. The molecule has 0 unspecified atom stereocenters. The SMILES string of the molecule is CCCCCCOc1cc2c(cc1OCCCC)c1cc(OCCCCCC)c(OCCCCCC)cc1c1cc(OCCCCCC)c(OCCCCCC)cc21. The van der Waals surface area contributed by atoms with Crippen LogP contribution in [0.2, 0.25) is 0 Å². The molecule has 4 aromatic carbocycles. The van der Waals surface area contributed by atoms with Gasteiger partial charge in [0.1, 0.15) is 0 Å². The molecule has 0 heterocycles. The van der Waals surface area contributed by atoms with E-state index in [2.05, 4.69) is 77.9 Å². The Hall–Kier alpha value is -3.54. The molecule has 0 aromatic heterocycles. The normalized spacial score (nSPS) is 11.5. The molecular weight excluding hydrogens is 721 g/mol.